The lowest BCUT2D eigenvalue weighted by Gasteiger charge is -2.07. The first kappa shape index (κ1) is 13.7. The van der Waals surface area contributed by atoms with Gasteiger partial charge in [0.1, 0.15) is 18.1 Å². The van der Waals surface area contributed by atoms with Gasteiger partial charge in [0.15, 0.2) is 0 Å². The van der Waals surface area contributed by atoms with Crippen LogP contribution in [0.1, 0.15) is 22.0 Å². The molecular formula is C13H14N4O3. The third-order valence-corrected chi connectivity index (χ3v) is 2.63. The predicted molar refractivity (Wildman–Crippen MR) is 70.0 cm³/mol. The lowest BCUT2D eigenvalue weighted by atomic mass is 10.3. The van der Waals surface area contributed by atoms with E-state index in [1.165, 1.54) is 4.57 Å². The number of aromatic nitrogens is 3. The monoisotopic (exact) mass is 274 g/mol. The summed E-state index contributed by atoms with van der Waals surface area (Å²) in [5, 5.41) is 11.5. The average molecular weight is 274 g/mol. The number of carboxylic acids is 1. The van der Waals surface area contributed by atoms with Gasteiger partial charge in [0.25, 0.3) is 5.91 Å². The van der Waals surface area contributed by atoms with E-state index in [1.54, 1.807) is 37.5 Å². The minimum absolute atomic E-state index is 0.248. The second-order valence-corrected chi connectivity index (χ2v) is 4.19. The Balaban J connectivity index is 2.02. The van der Waals surface area contributed by atoms with Crippen molar-refractivity contribution in [1.82, 2.24) is 19.9 Å². The van der Waals surface area contributed by atoms with Crippen LogP contribution in [0.25, 0.3) is 0 Å². The Morgan fingerprint density at radius 2 is 2.20 bits per heavy atom. The maximum Gasteiger partial charge on any atom is 0.323 e. The zero-order valence-electron chi connectivity index (χ0n) is 10.9. The van der Waals surface area contributed by atoms with Crippen LogP contribution in [0.2, 0.25) is 0 Å². The molecule has 0 saturated carbocycles. The summed E-state index contributed by atoms with van der Waals surface area (Å²) in [4.78, 5) is 30.8. The first-order valence-electron chi connectivity index (χ1n) is 6.00. The Morgan fingerprint density at radius 3 is 2.90 bits per heavy atom. The fourth-order valence-corrected chi connectivity index (χ4v) is 1.77. The highest BCUT2D eigenvalue weighted by Crippen LogP contribution is 2.03. The highest BCUT2D eigenvalue weighted by molar-refractivity contribution is 5.93. The van der Waals surface area contributed by atoms with Gasteiger partial charge < -0.3 is 15.0 Å². The van der Waals surface area contributed by atoms with Gasteiger partial charge in [-0.15, -0.1) is 0 Å². The van der Waals surface area contributed by atoms with Crippen LogP contribution in [0, 0.1) is 6.92 Å². The van der Waals surface area contributed by atoms with E-state index >= 15 is 0 Å². The maximum absolute atomic E-state index is 12.0. The molecule has 7 nitrogen and oxygen atoms in total. The Bertz CT molecular complexity index is 636. The number of carbonyl (C=O) groups excluding carboxylic acids is 1. The Labute approximate surface area is 115 Å². The van der Waals surface area contributed by atoms with Crippen molar-refractivity contribution in [3.63, 3.8) is 0 Å². The van der Waals surface area contributed by atoms with Crippen LogP contribution >= 0.6 is 0 Å². The van der Waals surface area contributed by atoms with Crippen LogP contribution in [0.4, 0.5) is 0 Å². The summed E-state index contributed by atoms with van der Waals surface area (Å²) in [6, 6.07) is 4.92. The molecule has 0 bridgehead atoms. The van der Waals surface area contributed by atoms with E-state index < -0.39 is 5.97 Å². The molecule has 2 heterocycles. The molecule has 0 fully saturated rings. The Kier molecular flexibility index (Phi) is 4.09. The van der Waals surface area contributed by atoms with Crippen molar-refractivity contribution in [3.05, 3.63) is 47.8 Å². The summed E-state index contributed by atoms with van der Waals surface area (Å²) in [7, 11) is 0. The van der Waals surface area contributed by atoms with Crippen LogP contribution < -0.4 is 5.32 Å². The number of hydrogen-bond acceptors (Lipinski definition) is 4. The molecule has 0 aliphatic heterocycles. The van der Waals surface area contributed by atoms with Gasteiger partial charge in [0.2, 0.25) is 0 Å². The van der Waals surface area contributed by atoms with E-state index in [0.29, 0.717) is 17.2 Å². The van der Waals surface area contributed by atoms with Crippen molar-refractivity contribution >= 4 is 11.9 Å². The standard InChI is InChI=1S/C13H14N4O3/c1-9-14-5-4-10(16-9)7-15-13(20)11-3-2-6-17(11)8-12(18)19/h2-6H,7-8H2,1H3,(H,15,20)(H,18,19). The summed E-state index contributed by atoms with van der Waals surface area (Å²) in [6.45, 7) is 1.78. The van der Waals surface area contributed by atoms with Crippen LogP contribution in [0.15, 0.2) is 30.6 Å². The van der Waals surface area contributed by atoms with Gasteiger partial charge in [0, 0.05) is 12.4 Å². The summed E-state index contributed by atoms with van der Waals surface area (Å²) in [5.41, 5.74) is 1.00. The zero-order valence-corrected chi connectivity index (χ0v) is 10.9. The number of nitrogens with one attached hydrogen (secondary N) is 1. The fraction of sp³-hybridized carbons (Fsp3) is 0.231. The zero-order chi connectivity index (χ0) is 14.5. The van der Waals surface area contributed by atoms with Gasteiger partial charge in [-0.05, 0) is 25.1 Å². The lowest BCUT2D eigenvalue weighted by Crippen LogP contribution is -2.26. The number of rotatable bonds is 5. The number of aliphatic carboxylic acids is 1. The maximum atomic E-state index is 12.0. The molecule has 2 N–H and O–H groups in total. The molecule has 1 amide bonds. The summed E-state index contributed by atoms with van der Waals surface area (Å²) in [5.74, 6) is -0.708. The van der Waals surface area contributed by atoms with E-state index in [-0.39, 0.29) is 19.0 Å². The van der Waals surface area contributed by atoms with Crippen LogP contribution in [-0.2, 0) is 17.9 Å². The topological polar surface area (TPSA) is 97.1 Å². The highest BCUT2D eigenvalue weighted by atomic mass is 16.4. The second-order valence-electron chi connectivity index (χ2n) is 4.19. The van der Waals surface area contributed by atoms with E-state index in [1.807, 2.05) is 0 Å². The molecule has 0 radical (unpaired) electrons. The quantitative estimate of drug-likeness (QED) is 0.832. The largest absolute Gasteiger partial charge is 0.480 e. The number of carbonyl (C=O) groups is 2. The molecule has 0 saturated heterocycles. The Morgan fingerprint density at radius 1 is 1.40 bits per heavy atom. The van der Waals surface area contributed by atoms with Gasteiger partial charge >= 0.3 is 5.97 Å². The van der Waals surface area contributed by atoms with E-state index in [9.17, 15) is 9.59 Å². The molecule has 2 aromatic heterocycles. The first-order chi connectivity index (χ1) is 9.56. The highest BCUT2D eigenvalue weighted by Gasteiger charge is 2.12. The van der Waals surface area contributed by atoms with Crippen LogP contribution in [0.3, 0.4) is 0 Å². The molecule has 104 valence electrons. The van der Waals surface area contributed by atoms with Crippen molar-refractivity contribution in [2.24, 2.45) is 0 Å². The number of amides is 1. The van der Waals surface area contributed by atoms with Crippen LogP contribution in [0.5, 0.6) is 0 Å². The van der Waals surface area contributed by atoms with E-state index in [4.69, 9.17) is 5.11 Å². The lowest BCUT2D eigenvalue weighted by molar-refractivity contribution is -0.137. The third kappa shape index (κ3) is 3.41. The third-order valence-electron chi connectivity index (χ3n) is 2.63. The van der Waals surface area contributed by atoms with Crippen molar-refractivity contribution < 1.29 is 14.7 Å². The van der Waals surface area contributed by atoms with E-state index in [0.717, 1.165) is 0 Å². The molecule has 0 aliphatic rings. The predicted octanol–water partition coefficient (Wildman–Crippen LogP) is 0.601. The second kappa shape index (κ2) is 5.96. The summed E-state index contributed by atoms with van der Waals surface area (Å²) >= 11 is 0. The first-order valence-corrected chi connectivity index (χ1v) is 6.00. The number of nitrogens with zero attached hydrogens (tertiary/aromatic N) is 3. The average Bonchev–Trinajstić information content (AvgIpc) is 2.83. The molecule has 0 aromatic carbocycles. The van der Waals surface area contributed by atoms with Gasteiger partial charge in [-0.3, -0.25) is 9.59 Å². The minimum Gasteiger partial charge on any atom is -0.480 e. The number of hydrogen-bond donors (Lipinski definition) is 2. The normalized spacial score (nSPS) is 10.2. The Hall–Kier alpha value is -2.70. The van der Waals surface area contributed by atoms with E-state index in [2.05, 4.69) is 15.3 Å². The number of carboxylic acid groups (broad SMARTS) is 1. The van der Waals surface area contributed by atoms with Gasteiger partial charge in [-0.1, -0.05) is 0 Å². The molecule has 7 heteroatoms. The molecule has 0 spiro atoms. The molecular weight excluding hydrogens is 260 g/mol. The van der Waals surface area contributed by atoms with Gasteiger partial charge in [0.05, 0.1) is 12.2 Å². The van der Waals surface area contributed by atoms with Crippen LogP contribution in [-0.4, -0.2) is 31.5 Å². The van der Waals surface area contributed by atoms with Crippen molar-refractivity contribution in [2.75, 3.05) is 0 Å². The smallest absolute Gasteiger partial charge is 0.323 e. The summed E-state index contributed by atoms with van der Waals surface area (Å²) < 4.78 is 1.38. The molecule has 0 unspecified atom stereocenters. The molecule has 20 heavy (non-hydrogen) atoms. The minimum atomic E-state index is -0.998. The SMILES string of the molecule is Cc1nccc(CNC(=O)c2cccn2CC(=O)O)n1. The molecule has 0 atom stereocenters. The van der Waals surface area contributed by atoms with Crippen molar-refractivity contribution in [3.8, 4) is 0 Å². The van der Waals surface area contributed by atoms with Gasteiger partial charge in [-0.2, -0.15) is 0 Å². The number of aryl methyl sites for hydroxylation is 1. The van der Waals surface area contributed by atoms with Crippen molar-refractivity contribution in [2.45, 2.75) is 20.0 Å². The summed E-state index contributed by atoms with van der Waals surface area (Å²) in [6.07, 6.45) is 3.18. The fourth-order valence-electron chi connectivity index (χ4n) is 1.77. The molecule has 2 aromatic rings. The molecule has 0 aliphatic carbocycles. The van der Waals surface area contributed by atoms with Crippen molar-refractivity contribution in [1.29, 1.82) is 0 Å². The van der Waals surface area contributed by atoms with Gasteiger partial charge in [-0.25, -0.2) is 9.97 Å². The molecule has 2 rings (SSSR count).